The minimum atomic E-state index is 0.197. The van der Waals surface area contributed by atoms with Gasteiger partial charge in [0.1, 0.15) is 12.1 Å². The Morgan fingerprint density at radius 1 is 1.47 bits per heavy atom. The summed E-state index contributed by atoms with van der Waals surface area (Å²) >= 11 is 0. The Morgan fingerprint density at radius 3 is 3.06 bits per heavy atom. The SMILES string of the molecule is CCOc1cc(N[C@H]2C=C[C@@H](CO)C2)ncn1. The Balaban J connectivity index is 1.95. The first-order valence-electron chi connectivity index (χ1n) is 5.82. The first kappa shape index (κ1) is 11.9. The van der Waals surface area contributed by atoms with Crippen LogP contribution in [-0.4, -0.2) is 34.3 Å². The molecule has 0 amide bonds. The fourth-order valence-electron chi connectivity index (χ4n) is 1.85. The lowest BCUT2D eigenvalue weighted by atomic mass is 10.1. The van der Waals surface area contributed by atoms with Crippen LogP contribution in [0, 0.1) is 5.92 Å². The Labute approximate surface area is 101 Å². The van der Waals surface area contributed by atoms with Crippen LogP contribution in [-0.2, 0) is 0 Å². The number of nitrogens with one attached hydrogen (secondary N) is 1. The molecule has 5 heteroatoms. The molecule has 17 heavy (non-hydrogen) atoms. The number of hydrogen-bond acceptors (Lipinski definition) is 5. The van der Waals surface area contributed by atoms with Crippen molar-refractivity contribution in [2.45, 2.75) is 19.4 Å². The highest BCUT2D eigenvalue weighted by molar-refractivity contribution is 5.40. The number of aliphatic hydroxyl groups is 1. The molecular weight excluding hydrogens is 218 g/mol. The summed E-state index contributed by atoms with van der Waals surface area (Å²) in [6, 6.07) is 2.00. The Hall–Kier alpha value is -1.62. The normalized spacial score (nSPS) is 22.7. The summed E-state index contributed by atoms with van der Waals surface area (Å²) in [4.78, 5) is 8.14. The lowest BCUT2D eigenvalue weighted by molar-refractivity contribution is 0.250. The quantitative estimate of drug-likeness (QED) is 0.751. The summed E-state index contributed by atoms with van der Waals surface area (Å²) in [7, 11) is 0. The minimum absolute atomic E-state index is 0.197. The molecule has 2 atom stereocenters. The van der Waals surface area contributed by atoms with E-state index < -0.39 is 0 Å². The zero-order valence-corrected chi connectivity index (χ0v) is 9.84. The van der Waals surface area contributed by atoms with Crippen molar-refractivity contribution in [3.05, 3.63) is 24.5 Å². The summed E-state index contributed by atoms with van der Waals surface area (Å²) in [6.07, 6.45) is 6.46. The van der Waals surface area contributed by atoms with Crippen molar-refractivity contribution in [1.82, 2.24) is 9.97 Å². The van der Waals surface area contributed by atoms with Gasteiger partial charge in [-0.15, -0.1) is 0 Å². The number of anilines is 1. The molecule has 1 aliphatic carbocycles. The highest BCUT2D eigenvalue weighted by atomic mass is 16.5. The van der Waals surface area contributed by atoms with Crippen molar-refractivity contribution in [2.24, 2.45) is 5.92 Å². The Morgan fingerprint density at radius 2 is 2.35 bits per heavy atom. The smallest absolute Gasteiger partial charge is 0.218 e. The molecule has 0 fully saturated rings. The van der Waals surface area contributed by atoms with Gasteiger partial charge in [-0.05, 0) is 13.3 Å². The summed E-state index contributed by atoms with van der Waals surface area (Å²) in [5, 5.41) is 12.3. The molecule has 92 valence electrons. The predicted molar refractivity (Wildman–Crippen MR) is 64.9 cm³/mol. The summed E-state index contributed by atoms with van der Waals surface area (Å²) in [5.41, 5.74) is 0. The van der Waals surface area contributed by atoms with Gasteiger partial charge in [-0.1, -0.05) is 12.2 Å². The molecule has 1 aromatic heterocycles. The topological polar surface area (TPSA) is 67.3 Å². The second-order valence-corrected chi connectivity index (χ2v) is 3.99. The molecule has 0 saturated carbocycles. The summed E-state index contributed by atoms with van der Waals surface area (Å²) < 4.78 is 5.30. The second-order valence-electron chi connectivity index (χ2n) is 3.99. The molecule has 1 aromatic rings. The van der Waals surface area contributed by atoms with E-state index in [4.69, 9.17) is 9.84 Å². The molecule has 0 aromatic carbocycles. The predicted octanol–water partition coefficient (Wildman–Crippen LogP) is 1.22. The molecule has 2 rings (SSSR count). The number of aliphatic hydroxyl groups excluding tert-OH is 1. The average molecular weight is 235 g/mol. The molecule has 0 bridgehead atoms. The van der Waals surface area contributed by atoms with Crippen molar-refractivity contribution in [1.29, 1.82) is 0 Å². The van der Waals surface area contributed by atoms with E-state index in [2.05, 4.69) is 21.4 Å². The number of aromatic nitrogens is 2. The van der Waals surface area contributed by atoms with E-state index in [1.165, 1.54) is 6.33 Å². The van der Waals surface area contributed by atoms with Gasteiger partial charge in [-0.3, -0.25) is 0 Å². The number of hydrogen-bond donors (Lipinski definition) is 2. The molecule has 5 nitrogen and oxygen atoms in total. The average Bonchev–Trinajstić information content (AvgIpc) is 2.78. The van der Waals surface area contributed by atoms with Crippen LogP contribution in [0.3, 0.4) is 0 Å². The number of ether oxygens (including phenoxy) is 1. The highest BCUT2D eigenvalue weighted by Gasteiger charge is 2.18. The summed E-state index contributed by atoms with van der Waals surface area (Å²) in [6.45, 7) is 2.70. The van der Waals surface area contributed by atoms with E-state index in [-0.39, 0.29) is 18.6 Å². The van der Waals surface area contributed by atoms with Crippen molar-refractivity contribution in [2.75, 3.05) is 18.5 Å². The maximum Gasteiger partial charge on any atom is 0.218 e. The maximum atomic E-state index is 9.04. The first-order chi connectivity index (χ1) is 8.31. The van der Waals surface area contributed by atoms with E-state index in [1.54, 1.807) is 6.07 Å². The summed E-state index contributed by atoms with van der Waals surface area (Å²) in [5.74, 6) is 1.57. The molecule has 0 spiro atoms. The van der Waals surface area contributed by atoms with E-state index in [1.807, 2.05) is 13.0 Å². The fraction of sp³-hybridized carbons (Fsp3) is 0.500. The zero-order valence-electron chi connectivity index (χ0n) is 9.84. The Bertz CT molecular complexity index is 395. The largest absolute Gasteiger partial charge is 0.478 e. The van der Waals surface area contributed by atoms with E-state index in [0.29, 0.717) is 12.5 Å². The number of rotatable bonds is 5. The molecule has 2 N–H and O–H groups in total. The van der Waals surface area contributed by atoms with Gasteiger partial charge in [0.15, 0.2) is 0 Å². The van der Waals surface area contributed by atoms with Gasteiger partial charge in [0.2, 0.25) is 5.88 Å². The van der Waals surface area contributed by atoms with Crippen LogP contribution in [0.5, 0.6) is 5.88 Å². The Kier molecular flexibility index (Phi) is 3.93. The van der Waals surface area contributed by atoms with Gasteiger partial charge in [-0.25, -0.2) is 9.97 Å². The van der Waals surface area contributed by atoms with Crippen LogP contribution in [0.25, 0.3) is 0 Å². The van der Waals surface area contributed by atoms with Gasteiger partial charge >= 0.3 is 0 Å². The first-order valence-corrected chi connectivity index (χ1v) is 5.82. The van der Waals surface area contributed by atoms with Gasteiger partial charge in [0, 0.05) is 24.6 Å². The van der Waals surface area contributed by atoms with Crippen LogP contribution in [0.1, 0.15) is 13.3 Å². The van der Waals surface area contributed by atoms with Gasteiger partial charge < -0.3 is 15.2 Å². The van der Waals surface area contributed by atoms with Crippen molar-refractivity contribution >= 4 is 5.82 Å². The van der Waals surface area contributed by atoms with Crippen LogP contribution in [0.15, 0.2) is 24.5 Å². The highest BCUT2D eigenvalue weighted by Crippen LogP contribution is 2.21. The lowest BCUT2D eigenvalue weighted by Gasteiger charge is -2.13. The molecule has 1 aliphatic rings. The van der Waals surface area contributed by atoms with Gasteiger partial charge in [0.25, 0.3) is 0 Å². The van der Waals surface area contributed by atoms with Crippen molar-refractivity contribution in [3.8, 4) is 5.88 Å². The molecule has 0 radical (unpaired) electrons. The molecule has 0 saturated heterocycles. The van der Waals surface area contributed by atoms with Crippen molar-refractivity contribution < 1.29 is 9.84 Å². The number of nitrogens with zero attached hydrogens (tertiary/aromatic N) is 2. The van der Waals surface area contributed by atoms with Crippen LogP contribution >= 0.6 is 0 Å². The minimum Gasteiger partial charge on any atom is -0.478 e. The van der Waals surface area contributed by atoms with Crippen LogP contribution in [0.4, 0.5) is 5.82 Å². The van der Waals surface area contributed by atoms with E-state index in [0.717, 1.165) is 12.2 Å². The van der Waals surface area contributed by atoms with Crippen LogP contribution in [0.2, 0.25) is 0 Å². The molecule has 0 aliphatic heterocycles. The zero-order chi connectivity index (χ0) is 12.1. The second kappa shape index (κ2) is 5.63. The molecular formula is C12H17N3O2. The van der Waals surface area contributed by atoms with Gasteiger partial charge in [0.05, 0.1) is 6.61 Å². The monoisotopic (exact) mass is 235 g/mol. The fourth-order valence-corrected chi connectivity index (χ4v) is 1.85. The standard InChI is InChI=1S/C12H17N3O2/c1-2-17-12-6-11(13-8-14-12)15-10-4-3-9(5-10)7-16/h3-4,6,8-10,16H,2,5,7H2,1H3,(H,13,14,15)/t9-,10+/m1/s1. The third-order valence-electron chi connectivity index (χ3n) is 2.67. The molecule has 0 unspecified atom stereocenters. The van der Waals surface area contributed by atoms with Gasteiger partial charge in [-0.2, -0.15) is 0 Å². The third-order valence-corrected chi connectivity index (χ3v) is 2.67. The van der Waals surface area contributed by atoms with E-state index >= 15 is 0 Å². The van der Waals surface area contributed by atoms with Crippen LogP contribution < -0.4 is 10.1 Å². The van der Waals surface area contributed by atoms with E-state index in [9.17, 15) is 0 Å². The third kappa shape index (κ3) is 3.17. The lowest BCUT2D eigenvalue weighted by Crippen LogP contribution is -2.17. The van der Waals surface area contributed by atoms with Crippen molar-refractivity contribution in [3.63, 3.8) is 0 Å². The molecule has 1 heterocycles. The maximum absolute atomic E-state index is 9.04.